The van der Waals surface area contributed by atoms with E-state index < -0.39 is 0 Å². The molecule has 1 aliphatic rings. The maximum atomic E-state index is 11.3. The van der Waals surface area contributed by atoms with E-state index in [9.17, 15) is 4.79 Å². The first-order valence-corrected chi connectivity index (χ1v) is 7.10. The fourth-order valence-corrected chi connectivity index (χ4v) is 2.62. The van der Waals surface area contributed by atoms with E-state index in [2.05, 4.69) is 10.3 Å². The van der Waals surface area contributed by atoms with Crippen LogP contribution in [-0.2, 0) is 20.7 Å². The Morgan fingerprint density at radius 2 is 2.39 bits per heavy atom. The van der Waals surface area contributed by atoms with Gasteiger partial charge in [0.15, 0.2) is 5.13 Å². The quantitative estimate of drug-likeness (QED) is 0.827. The van der Waals surface area contributed by atoms with Crippen LogP contribution >= 0.6 is 11.3 Å². The number of esters is 1. The summed E-state index contributed by atoms with van der Waals surface area (Å²) in [6.45, 7) is 3.82. The van der Waals surface area contributed by atoms with Gasteiger partial charge in [-0.2, -0.15) is 0 Å². The molecular weight excluding hydrogens is 252 g/mol. The summed E-state index contributed by atoms with van der Waals surface area (Å²) in [5.41, 5.74) is 0.771. The van der Waals surface area contributed by atoms with Gasteiger partial charge in [-0.25, -0.2) is 4.98 Å². The number of rotatable bonds is 5. The number of carbonyl (C=O) groups is 1. The van der Waals surface area contributed by atoms with Gasteiger partial charge in [0.2, 0.25) is 0 Å². The lowest BCUT2D eigenvalue weighted by Gasteiger charge is -2.22. The maximum Gasteiger partial charge on any atom is 0.311 e. The SMILES string of the molecule is CCOC(=O)Cc1csc(NC2CCOCC2)n1. The molecule has 100 valence electrons. The Bertz CT molecular complexity index is 388. The smallest absolute Gasteiger partial charge is 0.311 e. The number of thiazole rings is 1. The highest BCUT2D eigenvalue weighted by Gasteiger charge is 2.15. The molecule has 0 amide bonds. The molecule has 0 spiro atoms. The van der Waals surface area contributed by atoms with Crippen molar-refractivity contribution >= 4 is 22.4 Å². The molecule has 1 aromatic heterocycles. The number of hydrogen-bond acceptors (Lipinski definition) is 6. The summed E-state index contributed by atoms with van der Waals surface area (Å²) in [6.07, 6.45) is 2.26. The normalized spacial score (nSPS) is 16.5. The molecule has 0 bridgehead atoms. The van der Waals surface area contributed by atoms with Gasteiger partial charge in [0.25, 0.3) is 0 Å². The van der Waals surface area contributed by atoms with Crippen LogP contribution in [0, 0.1) is 0 Å². The van der Waals surface area contributed by atoms with Crippen molar-refractivity contribution in [1.82, 2.24) is 4.98 Å². The first-order chi connectivity index (χ1) is 8.78. The number of hydrogen-bond donors (Lipinski definition) is 1. The van der Waals surface area contributed by atoms with Crippen LogP contribution in [0.1, 0.15) is 25.5 Å². The van der Waals surface area contributed by atoms with Gasteiger partial charge in [0.05, 0.1) is 18.7 Å². The summed E-state index contributed by atoms with van der Waals surface area (Å²) in [5.74, 6) is -0.222. The standard InChI is InChI=1S/C12H18N2O3S/c1-2-17-11(15)7-10-8-18-12(14-10)13-9-3-5-16-6-4-9/h8-9H,2-7H2,1H3,(H,13,14). The first kappa shape index (κ1) is 13.3. The lowest BCUT2D eigenvalue weighted by Crippen LogP contribution is -2.27. The van der Waals surface area contributed by atoms with Crippen LogP contribution in [0.2, 0.25) is 0 Å². The van der Waals surface area contributed by atoms with Crippen LogP contribution in [0.5, 0.6) is 0 Å². The summed E-state index contributed by atoms with van der Waals surface area (Å²) < 4.78 is 10.2. The molecule has 0 aromatic carbocycles. The minimum atomic E-state index is -0.222. The Hall–Kier alpha value is -1.14. The van der Waals surface area contributed by atoms with Crippen molar-refractivity contribution in [2.75, 3.05) is 25.1 Å². The zero-order valence-electron chi connectivity index (χ0n) is 10.5. The van der Waals surface area contributed by atoms with E-state index in [-0.39, 0.29) is 12.4 Å². The van der Waals surface area contributed by atoms with Gasteiger partial charge in [-0.05, 0) is 19.8 Å². The van der Waals surface area contributed by atoms with Gasteiger partial charge in [0.1, 0.15) is 0 Å². The van der Waals surface area contributed by atoms with Crippen molar-refractivity contribution in [3.05, 3.63) is 11.1 Å². The summed E-state index contributed by atoms with van der Waals surface area (Å²) in [7, 11) is 0. The summed E-state index contributed by atoms with van der Waals surface area (Å²) in [5, 5.41) is 6.16. The second kappa shape index (κ2) is 6.70. The molecule has 1 aliphatic heterocycles. The highest BCUT2D eigenvalue weighted by atomic mass is 32.1. The van der Waals surface area contributed by atoms with E-state index in [1.807, 2.05) is 5.38 Å². The summed E-state index contributed by atoms with van der Waals surface area (Å²) in [4.78, 5) is 15.7. The van der Waals surface area contributed by atoms with Gasteiger partial charge >= 0.3 is 5.97 Å². The fourth-order valence-electron chi connectivity index (χ4n) is 1.83. The van der Waals surface area contributed by atoms with E-state index in [0.29, 0.717) is 12.6 Å². The lowest BCUT2D eigenvalue weighted by molar-refractivity contribution is -0.142. The predicted molar refractivity (Wildman–Crippen MR) is 69.9 cm³/mol. The van der Waals surface area contributed by atoms with E-state index in [0.717, 1.165) is 36.9 Å². The Morgan fingerprint density at radius 3 is 3.11 bits per heavy atom. The van der Waals surface area contributed by atoms with Gasteiger partial charge in [-0.15, -0.1) is 11.3 Å². The van der Waals surface area contributed by atoms with Crippen molar-refractivity contribution in [2.24, 2.45) is 0 Å². The molecule has 1 N–H and O–H groups in total. The molecule has 1 fully saturated rings. The Labute approximate surface area is 111 Å². The van der Waals surface area contributed by atoms with E-state index in [1.165, 1.54) is 11.3 Å². The zero-order valence-corrected chi connectivity index (χ0v) is 11.3. The molecule has 0 unspecified atom stereocenters. The minimum absolute atomic E-state index is 0.222. The highest BCUT2D eigenvalue weighted by molar-refractivity contribution is 7.13. The average Bonchev–Trinajstić information content (AvgIpc) is 2.78. The van der Waals surface area contributed by atoms with E-state index in [4.69, 9.17) is 9.47 Å². The third-order valence-electron chi connectivity index (χ3n) is 2.73. The largest absolute Gasteiger partial charge is 0.466 e. The maximum absolute atomic E-state index is 11.3. The number of nitrogens with one attached hydrogen (secondary N) is 1. The van der Waals surface area contributed by atoms with E-state index >= 15 is 0 Å². The number of ether oxygens (including phenoxy) is 2. The molecule has 0 radical (unpaired) electrons. The summed E-state index contributed by atoms with van der Waals surface area (Å²) >= 11 is 1.53. The molecule has 6 heteroatoms. The third kappa shape index (κ3) is 3.96. The zero-order chi connectivity index (χ0) is 12.8. The van der Waals surface area contributed by atoms with Crippen molar-refractivity contribution in [3.63, 3.8) is 0 Å². The van der Waals surface area contributed by atoms with E-state index in [1.54, 1.807) is 6.92 Å². The van der Waals surface area contributed by atoms with Crippen molar-refractivity contribution in [2.45, 2.75) is 32.2 Å². The average molecular weight is 270 g/mol. The summed E-state index contributed by atoms with van der Waals surface area (Å²) in [6, 6.07) is 0.431. The molecule has 1 saturated heterocycles. The van der Waals surface area contributed by atoms with Crippen LogP contribution < -0.4 is 5.32 Å². The van der Waals surface area contributed by atoms with Crippen molar-refractivity contribution in [1.29, 1.82) is 0 Å². The van der Waals surface area contributed by atoms with Crippen LogP contribution in [0.4, 0.5) is 5.13 Å². The molecule has 0 saturated carbocycles. The molecule has 1 aromatic rings. The van der Waals surface area contributed by atoms with Crippen LogP contribution in [0.15, 0.2) is 5.38 Å². The lowest BCUT2D eigenvalue weighted by atomic mass is 10.1. The number of nitrogens with zero attached hydrogens (tertiary/aromatic N) is 1. The fraction of sp³-hybridized carbons (Fsp3) is 0.667. The minimum Gasteiger partial charge on any atom is -0.466 e. The van der Waals surface area contributed by atoms with Crippen LogP contribution in [0.3, 0.4) is 0 Å². The predicted octanol–water partition coefficient (Wildman–Crippen LogP) is 1.84. The molecule has 2 heterocycles. The number of carbonyl (C=O) groups excluding carboxylic acids is 1. The molecular formula is C12H18N2O3S. The van der Waals surface area contributed by atoms with Crippen molar-refractivity contribution < 1.29 is 14.3 Å². The molecule has 18 heavy (non-hydrogen) atoms. The van der Waals surface area contributed by atoms with Gasteiger partial charge < -0.3 is 14.8 Å². The Balaban J connectivity index is 1.83. The van der Waals surface area contributed by atoms with Crippen LogP contribution in [0.25, 0.3) is 0 Å². The Morgan fingerprint density at radius 1 is 1.61 bits per heavy atom. The Kier molecular flexibility index (Phi) is 4.95. The molecule has 0 aliphatic carbocycles. The first-order valence-electron chi connectivity index (χ1n) is 6.22. The van der Waals surface area contributed by atoms with Crippen molar-refractivity contribution in [3.8, 4) is 0 Å². The number of anilines is 1. The number of aromatic nitrogens is 1. The monoisotopic (exact) mass is 270 g/mol. The second-order valence-corrected chi connectivity index (χ2v) is 5.01. The van der Waals surface area contributed by atoms with Gasteiger partial charge in [-0.3, -0.25) is 4.79 Å². The van der Waals surface area contributed by atoms with Gasteiger partial charge in [0, 0.05) is 24.6 Å². The molecule has 5 nitrogen and oxygen atoms in total. The highest BCUT2D eigenvalue weighted by Crippen LogP contribution is 2.20. The molecule has 0 atom stereocenters. The van der Waals surface area contributed by atoms with Gasteiger partial charge in [-0.1, -0.05) is 0 Å². The molecule has 2 rings (SSSR count). The van der Waals surface area contributed by atoms with Crippen LogP contribution in [-0.4, -0.2) is 36.8 Å². The topological polar surface area (TPSA) is 60.5 Å². The third-order valence-corrected chi connectivity index (χ3v) is 3.55. The second-order valence-electron chi connectivity index (χ2n) is 4.16.